The third-order valence-electron chi connectivity index (χ3n) is 7.00. The molecule has 0 unspecified atom stereocenters. The van der Waals surface area contributed by atoms with Crippen molar-refractivity contribution in [2.75, 3.05) is 26.2 Å². The van der Waals surface area contributed by atoms with Gasteiger partial charge in [-0.2, -0.15) is 5.10 Å². The van der Waals surface area contributed by atoms with Gasteiger partial charge < -0.3 is 14.5 Å². The van der Waals surface area contributed by atoms with Crippen LogP contribution in [0.4, 0.5) is 9.18 Å². The second kappa shape index (κ2) is 6.43. The fraction of sp³-hybridized carbons (Fsp3) is 0.591. The van der Waals surface area contributed by atoms with E-state index in [1.807, 2.05) is 28.9 Å². The Morgan fingerprint density at radius 3 is 2.67 bits per heavy atom. The van der Waals surface area contributed by atoms with Crippen molar-refractivity contribution in [1.29, 1.82) is 0 Å². The number of nitrogens with zero attached hydrogens (tertiary/aromatic N) is 5. The van der Waals surface area contributed by atoms with Crippen LogP contribution >= 0.6 is 0 Å². The topological polar surface area (TPSA) is 63.5 Å². The van der Waals surface area contributed by atoms with Gasteiger partial charge in [0, 0.05) is 24.4 Å². The molecule has 4 fully saturated rings. The van der Waals surface area contributed by atoms with Crippen molar-refractivity contribution in [3.05, 3.63) is 41.7 Å². The number of rotatable bonds is 4. The van der Waals surface area contributed by atoms with Crippen LogP contribution in [0.2, 0.25) is 0 Å². The maximum atomic E-state index is 13.9. The fourth-order valence-corrected chi connectivity index (χ4v) is 5.03. The average Bonchev–Trinajstić information content (AvgIpc) is 3.35. The predicted octanol–water partition coefficient (Wildman–Crippen LogP) is 3.12. The smallest absolute Gasteiger partial charge is 0.320 e. The summed E-state index contributed by atoms with van der Waals surface area (Å²) in [4.78, 5) is 20.8. The summed E-state index contributed by atoms with van der Waals surface area (Å²) < 4.78 is 21.7. The van der Waals surface area contributed by atoms with Gasteiger partial charge in [-0.15, -0.1) is 0 Å². The Morgan fingerprint density at radius 2 is 1.97 bits per heavy atom. The third-order valence-corrected chi connectivity index (χ3v) is 7.00. The van der Waals surface area contributed by atoms with E-state index in [1.165, 1.54) is 18.9 Å². The monoisotopic (exact) mass is 411 g/mol. The Labute approximate surface area is 174 Å². The van der Waals surface area contributed by atoms with Crippen LogP contribution < -0.4 is 4.74 Å². The predicted molar refractivity (Wildman–Crippen MR) is 107 cm³/mol. The van der Waals surface area contributed by atoms with Gasteiger partial charge in [-0.3, -0.25) is 0 Å². The number of urea groups is 1. The zero-order valence-electron chi connectivity index (χ0n) is 17.1. The Hall–Kier alpha value is -2.64. The molecule has 6 rings (SSSR count). The first-order valence-corrected chi connectivity index (χ1v) is 10.9. The number of hydrogen-bond donors (Lipinski definition) is 0. The molecule has 0 bridgehead atoms. The van der Waals surface area contributed by atoms with Gasteiger partial charge in [0.05, 0.1) is 19.1 Å². The molecule has 2 amide bonds. The van der Waals surface area contributed by atoms with E-state index in [4.69, 9.17) is 4.74 Å². The van der Waals surface area contributed by atoms with Crippen molar-refractivity contribution < 1.29 is 13.9 Å². The van der Waals surface area contributed by atoms with Gasteiger partial charge in [0.2, 0.25) is 0 Å². The van der Waals surface area contributed by atoms with Gasteiger partial charge in [-0.25, -0.2) is 18.9 Å². The molecule has 30 heavy (non-hydrogen) atoms. The van der Waals surface area contributed by atoms with Crippen molar-refractivity contribution in [1.82, 2.24) is 24.6 Å². The number of aromatic nitrogens is 3. The lowest BCUT2D eigenvalue weighted by Crippen LogP contribution is -2.69. The van der Waals surface area contributed by atoms with Crippen LogP contribution in [0.1, 0.15) is 49.0 Å². The van der Waals surface area contributed by atoms with E-state index in [2.05, 4.69) is 10.1 Å². The zero-order chi connectivity index (χ0) is 20.5. The minimum atomic E-state index is -0.347. The standard InChI is InChI=1S/C22H26FN5O2/c1-14-2-5-19(18(23)6-14)30-17-9-26(10-17)21(29)27-11-22(12-27)7-16(8-22)28-13-24-20(25-28)15-3-4-15/h2,5-6,13,15-17H,3-4,7-12H2,1H3. The summed E-state index contributed by atoms with van der Waals surface area (Å²) >= 11 is 0. The Balaban J connectivity index is 0.959. The van der Waals surface area contributed by atoms with E-state index in [-0.39, 0.29) is 29.1 Å². The highest BCUT2D eigenvalue weighted by atomic mass is 19.1. The second-order valence-corrected chi connectivity index (χ2v) is 9.64. The minimum Gasteiger partial charge on any atom is -0.484 e. The molecule has 2 saturated heterocycles. The van der Waals surface area contributed by atoms with E-state index in [9.17, 15) is 9.18 Å². The molecule has 4 aliphatic rings. The van der Waals surface area contributed by atoms with Crippen molar-refractivity contribution >= 4 is 6.03 Å². The largest absolute Gasteiger partial charge is 0.484 e. The van der Waals surface area contributed by atoms with Gasteiger partial charge in [-0.05, 0) is 50.3 Å². The summed E-state index contributed by atoms with van der Waals surface area (Å²) in [5, 5.41) is 4.65. The molecular weight excluding hydrogens is 385 g/mol. The van der Waals surface area contributed by atoms with Crippen LogP contribution in [0.15, 0.2) is 24.5 Å². The molecule has 8 heteroatoms. The summed E-state index contributed by atoms with van der Waals surface area (Å²) in [5.41, 5.74) is 1.13. The number of carbonyl (C=O) groups is 1. The molecular formula is C22H26FN5O2. The number of carbonyl (C=O) groups excluding carboxylic acids is 1. The van der Waals surface area contributed by atoms with Gasteiger partial charge in [-0.1, -0.05) is 6.07 Å². The van der Waals surface area contributed by atoms with Crippen LogP contribution in [0.3, 0.4) is 0 Å². The maximum Gasteiger partial charge on any atom is 0.320 e. The van der Waals surface area contributed by atoms with Crippen LogP contribution in [-0.2, 0) is 0 Å². The van der Waals surface area contributed by atoms with Crippen LogP contribution in [0.5, 0.6) is 5.75 Å². The summed E-state index contributed by atoms with van der Waals surface area (Å²) in [6, 6.07) is 5.45. The first kappa shape index (κ1) is 18.2. The summed E-state index contributed by atoms with van der Waals surface area (Å²) in [7, 11) is 0. The molecule has 0 N–H and O–H groups in total. The molecule has 1 aromatic heterocycles. The van der Waals surface area contributed by atoms with Crippen molar-refractivity contribution in [3.63, 3.8) is 0 Å². The van der Waals surface area contributed by atoms with E-state index >= 15 is 0 Å². The molecule has 1 spiro atoms. The SMILES string of the molecule is Cc1ccc(OC2CN(C(=O)N3CC4(CC(n5cnc(C6CC6)n5)C4)C3)C2)c(F)c1. The van der Waals surface area contributed by atoms with Crippen molar-refractivity contribution in [2.24, 2.45) is 5.41 Å². The number of halogens is 1. The van der Waals surface area contributed by atoms with E-state index in [0.717, 1.165) is 37.3 Å². The van der Waals surface area contributed by atoms with Gasteiger partial charge in [0.15, 0.2) is 17.4 Å². The third kappa shape index (κ3) is 3.04. The van der Waals surface area contributed by atoms with Gasteiger partial charge >= 0.3 is 6.03 Å². The lowest BCUT2D eigenvalue weighted by atomic mass is 9.61. The highest BCUT2D eigenvalue weighted by molar-refractivity contribution is 5.76. The Morgan fingerprint density at radius 1 is 1.20 bits per heavy atom. The quantitative estimate of drug-likeness (QED) is 0.776. The Kier molecular flexibility index (Phi) is 3.89. The minimum absolute atomic E-state index is 0.0741. The first-order valence-electron chi connectivity index (χ1n) is 10.9. The number of aryl methyl sites for hydroxylation is 1. The number of amides is 2. The molecule has 2 aliphatic carbocycles. The Bertz CT molecular complexity index is 983. The average molecular weight is 411 g/mol. The molecule has 0 radical (unpaired) electrons. The number of benzene rings is 1. The molecule has 2 saturated carbocycles. The summed E-state index contributed by atoms with van der Waals surface area (Å²) in [5.74, 6) is 1.50. The fourth-order valence-electron chi connectivity index (χ4n) is 5.03. The molecule has 2 aromatic rings. The van der Waals surface area contributed by atoms with E-state index < -0.39 is 0 Å². The van der Waals surface area contributed by atoms with Gasteiger partial charge in [0.1, 0.15) is 12.4 Å². The molecule has 0 atom stereocenters. The number of likely N-dealkylation sites (tertiary alicyclic amines) is 2. The lowest BCUT2D eigenvalue weighted by molar-refractivity contribution is -0.0818. The molecule has 1 aromatic carbocycles. The van der Waals surface area contributed by atoms with Gasteiger partial charge in [0.25, 0.3) is 0 Å². The second-order valence-electron chi connectivity index (χ2n) is 9.64. The first-order chi connectivity index (χ1) is 14.5. The number of ether oxygens (including phenoxy) is 1. The molecule has 7 nitrogen and oxygen atoms in total. The van der Waals surface area contributed by atoms with Crippen molar-refractivity contribution in [2.45, 2.75) is 50.7 Å². The highest BCUT2D eigenvalue weighted by Crippen LogP contribution is 2.54. The van der Waals surface area contributed by atoms with Crippen LogP contribution in [-0.4, -0.2) is 62.9 Å². The summed E-state index contributed by atoms with van der Waals surface area (Å²) in [6.45, 7) is 4.52. The lowest BCUT2D eigenvalue weighted by Gasteiger charge is -2.59. The number of hydrogen-bond acceptors (Lipinski definition) is 4. The van der Waals surface area contributed by atoms with Crippen LogP contribution in [0, 0.1) is 18.2 Å². The van der Waals surface area contributed by atoms with Crippen molar-refractivity contribution in [3.8, 4) is 5.75 Å². The van der Waals surface area contributed by atoms with E-state index in [1.54, 1.807) is 11.0 Å². The maximum absolute atomic E-state index is 13.9. The normalized spacial score (nSPS) is 23.1. The zero-order valence-corrected chi connectivity index (χ0v) is 17.1. The van der Waals surface area contributed by atoms with Crippen LogP contribution in [0.25, 0.3) is 0 Å². The van der Waals surface area contributed by atoms with E-state index in [0.29, 0.717) is 25.0 Å². The molecule has 158 valence electrons. The molecule has 2 aliphatic heterocycles. The summed E-state index contributed by atoms with van der Waals surface area (Å²) in [6.07, 6.45) is 6.33. The highest BCUT2D eigenvalue weighted by Gasteiger charge is 2.55. The molecule has 3 heterocycles.